The van der Waals surface area contributed by atoms with Crippen LogP contribution >= 0.6 is 15.9 Å². The first-order chi connectivity index (χ1) is 8.65. The number of halogens is 1. The zero-order chi connectivity index (χ0) is 13.1. The number of nitrogens with zero attached hydrogens (tertiary/aromatic N) is 1. The van der Waals surface area contributed by atoms with Crippen molar-refractivity contribution in [1.29, 1.82) is 0 Å². The van der Waals surface area contributed by atoms with E-state index in [1.807, 2.05) is 6.07 Å². The van der Waals surface area contributed by atoms with E-state index in [1.54, 1.807) is 24.4 Å². The van der Waals surface area contributed by atoms with Crippen molar-refractivity contribution in [2.45, 2.75) is 6.04 Å². The van der Waals surface area contributed by atoms with Crippen LogP contribution in [-0.4, -0.2) is 22.5 Å². The maximum Gasteiger partial charge on any atom is 0.330 e. The molecule has 2 N–H and O–H groups in total. The molecule has 5 nitrogen and oxygen atoms in total. The molecule has 0 aliphatic heterocycles. The van der Waals surface area contributed by atoms with E-state index >= 15 is 0 Å². The zero-order valence-corrected chi connectivity index (χ0v) is 10.7. The number of amides is 1. The molecule has 0 radical (unpaired) electrons. The van der Waals surface area contributed by atoms with E-state index < -0.39 is 12.0 Å². The average Bonchev–Trinajstić information content (AvgIpc) is 2.37. The monoisotopic (exact) mass is 308 g/mol. The Morgan fingerprint density at radius 1 is 1.44 bits per heavy atom. The van der Waals surface area contributed by atoms with Crippen LogP contribution in [0.25, 0.3) is 10.9 Å². The molecule has 0 saturated heterocycles. The fraction of sp³-hybridized carbons (Fsp3) is 0.0833. The van der Waals surface area contributed by atoms with Gasteiger partial charge >= 0.3 is 5.97 Å². The Hall–Kier alpha value is -1.95. The van der Waals surface area contributed by atoms with Gasteiger partial charge < -0.3 is 10.4 Å². The Morgan fingerprint density at radius 2 is 2.22 bits per heavy atom. The van der Waals surface area contributed by atoms with Crippen molar-refractivity contribution in [3.05, 3.63) is 40.5 Å². The number of carbonyl (C=O) groups excluding carboxylic acids is 1. The molecule has 18 heavy (non-hydrogen) atoms. The van der Waals surface area contributed by atoms with Gasteiger partial charge in [0.05, 0.1) is 5.52 Å². The summed E-state index contributed by atoms with van der Waals surface area (Å²) >= 11 is 3.38. The van der Waals surface area contributed by atoms with Crippen LogP contribution in [0.1, 0.15) is 11.6 Å². The maximum absolute atomic E-state index is 11.2. The molecule has 1 atom stereocenters. The van der Waals surface area contributed by atoms with Gasteiger partial charge in [0.15, 0.2) is 6.04 Å². The molecule has 1 heterocycles. The van der Waals surface area contributed by atoms with E-state index in [2.05, 4.69) is 26.2 Å². The van der Waals surface area contributed by atoms with Gasteiger partial charge in [0.25, 0.3) is 0 Å². The summed E-state index contributed by atoms with van der Waals surface area (Å²) < 4.78 is 0.824. The van der Waals surface area contributed by atoms with Gasteiger partial charge in [0.2, 0.25) is 6.41 Å². The van der Waals surface area contributed by atoms with Crippen molar-refractivity contribution in [3.8, 4) is 0 Å². The number of benzene rings is 1. The highest BCUT2D eigenvalue weighted by Gasteiger charge is 2.22. The summed E-state index contributed by atoms with van der Waals surface area (Å²) in [5.74, 6) is -1.13. The minimum absolute atomic E-state index is 0.371. The minimum atomic E-state index is -1.13. The number of hydrogen-bond donors (Lipinski definition) is 2. The highest BCUT2D eigenvalue weighted by Crippen LogP contribution is 2.28. The number of carboxylic acids is 1. The Balaban J connectivity index is 2.66. The number of hydrogen-bond acceptors (Lipinski definition) is 3. The third kappa shape index (κ3) is 2.19. The van der Waals surface area contributed by atoms with Gasteiger partial charge in [-0.1, -0.05) is 28.1 Å². The van der Waals surface area contributed by atoms with E-state index in [-0.39, 0.29) is 0 Å². The van der Waals surface area contributed by atoms with E-state index in [1.165, 1.54) is 0 Å². The lowest BCUT2D eigenvalue weighted by Crippen LogP contribution is -2.27. The standard InChI is InChI=1S/C12H9BrN2O3/c13-9-4-3-8(11(12(17)18)15-6-16)10-7(9)2-1-5-14-10/h1-6,11H,(H,15,16)(H,17,18). The predicted molar refractivity (Wildman–Crippen MR) is 69.0 cm³/mol. The Kier molecular flexibility index (Phi) is 3.57. The molecule has 0 aliphatic carbocycles. The summed E-state index contributed by atoms with van der Waals surface area (Å²) in [6.07, 6.45) is 1.95. The van der Waals surface area contributed by atoms with Gasteiger partial charge in [-0.05, 0) is 12.1 Å². The first-order valence-corrected chi connectivity index (χ1v) is 5.90. The highest BCUT2D eigenvalue weighted by atomic mass is 79.9. The molecule has 1 aromatic heterocycles. The van der Waals surface area contributed by atoms with Crippen molar-refractivity contribution in [2.75, 3.05) is 0 Å². The summed E-state index contributed by atoms with van der Waals surface area (Å²) in [5, 5.41) is 12.2. The number of rotatable bonds is 4. The molecule has 2 aromatic rings. The quantitative estimate of drug-likeness (QED) is 0.845. The maximum atomic E-state index is 11.2. The lowest BCUT2D eigenvalue weighted by molar-refractivity contribution is -0.140. The molecule has 92 valence electrons. The predicted octanol–water partition coefficient (Wildman–Crippen LogP) is 1.87. The highest BCUT2D eigenvalue weighted by molar-refractivity contribution is 9.10. The van der Waals surface area contributed by atoms with Crippen LogP contribution in [0.15, 0.2) is 34.9 Å². The second kappa shape index (κ2) is 5.14. The zero-order valence-electron chi connectivity index (χ0n) is 9.13. The molecule has 0 fully saturated rings. The molecule has 1 unspecified atom stereocenters. The Morgan fingerprint density at radius 3 is 2.89 bits per heavy atom. The normalized spacial score (nSPS) is 12.1. The fourth-order valence-corrected chi connectivity index (χ4v) is 2.21. The summed E-state index contributed by atoms with van der Waals surface area (Å²) in [7, 11) is 0. The van der Waals surface area contributed by atoms with Gasteiger partial charge in [-0.15, -0.1) is 0 Å². The third-order valence-corrected chi connectivity index (χ3v) is 3.23. The lowest BCUT2D eigenvalue weighted by Gasteiger charge is -2.14. The number of aliphatic carboxylic acids is 1. The van der Waals surface area contributed by atoms with Gasteiger partial charge in [0, 0.05) is 21.6 Å². The Labute approximate surface area is 111 Å². The van der Waals surface area contributed by atoms with Crippen LogP contribution in [-0.2, 0) is 9.59 Å². The van der Waals surface area contributed by atoms with Gasteiger partial charge in [0.1, 0.15) is 0 Å². The van der Waals surface area contributed by atoms with E-state index in [0.717, 1.165) is 9.86 Å². The van der Waals surface area contributed by atoms with Gasteiger partial charge in [-0.3, -0.25) is 9.78 Å². The summed E-state index contributed by atoms with van der Waals surface area (Å²) in [4.78, 5) is 25.8. The fourth-order valence-electron chi connectivity index (χ4n) is 1.75. The number of fused-ring (bicyclic) bond motifs is 1. The van der Waals surface area contributed by atoms with Crippen LogP contribution < -0.4 is 5.32 Å². The van der Waals surface area contributed by atoms with E-state index in [9.17, 15) is 9.59 Å². The first kappa shape index (κ1) is 12.5. The number of carboxylic acid groups (broad SMARTS) is 1. The van der Waals surface area contributed by atoms with Crippen molar-refractivity contribution < 1.29 is 14.7 Å². The third-order valence-electron chi connectivity index (χ3n) is 2.54. The largest absolute Gasteiger partial charge is 0.479 e. The lowest BCUT2D eigenvalue weighted by atomic mass is 10.0. The first-order valence-electron chi connectivity index (χ1n) is 5.10. The van der Waals surface area contributed by atoms with Crippen molar-refractivity contribution in [2.24, 2.45) is 0 Å². The second-order valence-corrected chi connectivity index (χ2v) is 4.45. The molecule has 2 rings (SSSR count). The molecule has 1 aromatic carbocycles. The van der Waals surface area contributed by atoms with Crippen molar-refractivity contribution >= 4 is 39.2 Å². The van der Waals surface area contributed by atoms with Crippen LogP contribution in [0.5, 0.6) is 0 Å². The number of pyridine rings is 1. The van der Waals surface area contributed by atoms with Crippen LogP contribution in [0.4, 0.5) is 0 Å². The van der Waals surface area contributed by atoms with Crippen molar-refractivity contribution in [1.82, 2.24) is 10.3 Å². The van der Waals surface area contributed by atoms with E-state index in [4.69, 9.17) is 5.11 Å². The number of carbonyl (C=O) groups is 2. The van der Waals surface area contributed by atoms with Crippen LogP contribution in [0, 0.1) is 0 Å². The molecule has 1 amide bonds. The molecule has 0 bridgehead atoms. The molecule has 0 saturated carbocycles. The average molecular weight is 309 g/mol. The van der Waals surface area contributed by atoms with Crippen LogP contribution in [0.3, 0.4) is 0 Å². The van der Waals surface area contributed by atoms with Crippen molar-refractivity contribution in [3.63, 3.8) is 0 Å². The Bertz CT molecular complexity index is 615. The topological polar surface area (TPSA) is 79.3 Å². The van der Waals surface area contributed by atoms with Crippen LogP contribution in [0.2, 0.25) is 0 Å². The number of nitrogens with one attached hydrogen (secondary N) is 1. The number of aromatic nitrogens is 1. The van der Waals surface area contributed by atoms with Gasteiger partial charge in [-0.25, -0.2) is 4.79 Å². The van der Waals surface area contributed by atoms with E-state index in [0.29, 0.717) is 17.5 Å². The summed E-state index contributed by atoms with van der Waals surface area (Å²) in [6, 6.07) is 5.86. The summed E-state index contributed by atoms with van der Waals surface area (Å²) in [5.41, 5.74) is 1.00. The smallest absolute Gasteiger partial charge is 0.330 e. The summed E-state index contributed by atoms with van der Waals surface area (Å²) in [6.45, 7) is 0. The SMILES string of the molecule is O=CNC(C(=O)O)c1ccc(Br)c2cccnc12. The minimum Gasteiger partial charge on any atom is -0.479 e. The molecular weight excluding hydrogens is 300 g/mol. The molecule has 6 heteroatoms. The molecule has 0 spiro atoms. The second-order valence-electron chi connectivity index (χ2n) is 3.59. The molecule has 0 aliphatic rings. The molecular formula is C12H9BrN2O3. The van der Waals surface area contributed by atoms with Gasteiger partial charge in [-0.2, -0.15) is 0 Å².